The number of carbonyl (C=O) groups is 1. The minimum atomic E-state index is -0.426. The van der Waals surface area contributed by atoms with Gasteiger partial charge < -0.3 is 10.8 Å². The SMILES string of the molecule is Nc1ccc(Cc2sccc2C(O)=CC(=O)c2ncn[nH]2)cc1. The molecule has 0 unspecified atom stereocenters. The number of anilines is 1. The molecule has 2 aromatic heterocycles. The summed E-state index contributed by atoms with van der Waals surface area (Å²) in [7, 11) is 0. The largest absolute Gasteiger partial charge is 0.507 e. The number of nitrogens with one attached hydrogen (secondary N) is 1. The number of aromatic amines is 1. The Labute approximate surface area is 136 Å². The fourth-order valence-electron chi connectivity index (χ4n) is 2.12. The summed E-state index contributed by atoms with van der Waals surface area (Å²) in [6.07, 6.45) is 3.05. The molecule has 1 aromatic carbocycles. The second-order valence-corrected chi connectivity index (χ2v) is 5.90. The number of ketones is 1. The van der Waals surface area contributed by atoms with E-state index in [1.54, 1.807) is 6.07 Å². The smallest absolute Gasteiger partial charge is 0.226 e. The molecule has 0 radical (unpaired) electrons. The molecular weight excluding hydrogens is 312 g/mol. The Kier molecular flexibility index (Phi) is 4.20. The Balaban J connectivity index is 1.82. The average Bonchev–Trinajstić information content (AvgIpc) is 3.20. The first-order valence-corrected chi connectivity index (χ1v) is 7.73. The molecule has 3 rings (SSSR count). The summed E-state index contributed by atoms with van der Waals surface area (Å²) in [5.74, 6) is -0.422. The van der Waals surface area contributed by atoms with Gasteiger partial charge in [-0.3, -0.25) is 9.89 Å². The molecule has 0 aliphatic heterocycles. The van der Waals surface area contributed by atoms with Crippen LogP contribution in [0.3, 0.4) is 0 Å². The number of rotatable bonds is 5. The summed E-state index contributed by atoms with van der Waals surface area (Å²) >= 11 is 1.52. The summed E-state index contributed by atoms with van der Waals surface area (Å²) in [4.78, 5) is 16.7. The summed E-state index contributed by atoms with van der Waals surface area (Å²) in [6.45, 7) is 0. The highest BCUT2D eigenvalue weighted by Crippen LogP contribution is 2.26. The van der Waals surface area contributed by atoms with Crippen LogP contribution in [0.2, 0.25) is 0 Å². The second-order valence-electron chi connectivity index (χ2n) is 4.90. The molecule has 4 N–H and O–H groups in total. The summed E-state index contributed by atoms with van der Waals surface area (Å²) in [5, 5.41) is 18.2. The van der Waals surface area contributed by atoms with Crippen molar-refractivity contribution >= 4 is 28.6 Å². The van der Waals surface area contributed by atoms with Gasteiger partial charge in [-0.15, -0.1) is 11.3 Å². The molecule has 0 fully saturated rings. The van der Waals surface area contributed by atoms with Crippen LogP contribution < -0.4 is 5.73 Å². The average molecular weight is 326 g/mol. The first kappa shape index (κ1) is 15.0. The van der Waals surface area contributed by atoms with E-state index in [0.717, 1.165) is 16.5 Å². The number of hydrogen-bond donors (Lipinski definition) is 3. The molecule has 23 heavy (non-hydrogen) atoms. The molecule has 0 saturated heterocycles. The van der Waals surface area contributed by atoms with E-state index in [2.05, 4.69) is 15.2 Å². The van der Waals surface area contributed by atoms with Gasteiger partial charge in [0.2, 0.25) is 5.78 Å². The van der Waals surface area contributed by atoms with Gasteiger partial charge >= 0.3 is 0 Å². The van der Waals surface area contributed by atoms with E-state index in [0.29, 0.717) is 17.7 Å². The lowest BCUT2D eigenvalue weighted by atomic mass is 10.1. The van der Waals surface area contributed by atoms with Crippen LogP contribution >= 0.6 is 11.3 Å². The molecule has 0 aliphatic rings. The van der Waals surface area contributed by atoms with Crippen molar-refractivity contribution in [2.24, 2.45) is 0 Å². The predicted molar refractivity (Wildman–Crippen MR) is 89.3 cm³/mol. The zero-order valence-corrected chi connectivity index (χ0v) is 12.9. The zero-order chi connectivity index (χ0) is 16.2. The minimum absolute atomic E-state index is 0.0851. The molecule has 2 heterocycles. The van der Waals surface area contributed by atoms with Gasteiger partial charge in [0, 0.05) is 28.6 Å². The fraction of sp³-hybridized carbons (Fsp3) is 0.0625. The highest BCUT2D eigenvalue weighted by molar-refractivity contribution is 7.10. The number of nitrogens with two attached hydrogens (primary N) is 1. The van der Waals surface area contributed by atoms with Crippen molar-refractivity contribution in [2.45, 2.75) is 6.42 Å². The number of aromatic nitrogens is 3. The van der Waals surface area contributed by atoms with Crippen LogP contribution in [-0.2, 0) is 6.42 Å². The number of nitrogens with zero attached hydrogens (tertiary/aromatic N) is 2. The summed E-state index contributed by atoms with van der Waals surface area (Å²) in [5.41, 5.74) is 8.11. The van der Waals surface area contributed by atoms with Crippen molar-refractivity contribution in [1.29, 1.82) is 0 Å². The van der Waals surface area contributed by atoms with Crippen LogP contribution in [0.1, 0.15) is 26.6 Å². The standard InChI is InChI=1S/C16H14N4O2S/c17-11-3-1-10(2-4-11)7-15-12(5-6-23-15)13(21)8-14(22)16-18-9-19-20-16/h1-6,8-9,21H,7,17H2,(H,18,19,20). The van der Waals surface area contributed by atoms with Crippen LogP contribution in [0.15, 0.2) is 48.1 Å². The van der Waals surface area contributed by atoms with Crippen molar-refractivity contribution < 1.29 is 9.90 Å². The lowest BCUT2D eigenvalue weighted by Gasteiger charge is -2.04. The normalized spacial score (nSPS) is 11.6. The van der Waals surface area contributed by atoms with Crippen LogP contribution in [0.5, 0.6) is 0 Å². The quantitative estimate of drug-likeness (QED) is 0.289. The third-order valence-electron chi connectivity index (χ3n) is 3.28. The Morgan fingerprint density at radius 2 is 2.09 bits per heavy atom. The topological polar surface area (TPSA) is 105 Å². The molecule has 0 atom stereocenters. The van der Waals surface area contributed by atoms with Gasteiger partial charge in [0.15, 0.2) is 5.82 Å². The van der Waals surface area contributed by atoms with Crippen molar-refractivity contribution in [2.75, 3.05) is 5.73 Å². The van der Waals surface area contributed by atoms with Gasteiger partial charge in [-0.05, 0) is 29.1 Å². The van der Waals surface area contributed by atoms with E-state index < -0.39 is 5.78 Å². The maximum absolute atomic E-state index is 11.9. The number of nitrogen functional groups attached to an aromatic ring is 1. The molecule has 0 aliphatic carbocycles. The lowest BCUT2D eigenvalue weighted by Crippen LogP contribution is -2.00. The number of benzene rings is 1. The third-order valence-corrected chi connectivity index (χ3v) is 4.20. The highest BCUT2D eigenvalue weighted by Gasteiger charge is 2.13. The van der Waals surface area contributed by atoms with Crippen LogP contribution in [-0.4, -0.2) is 26.1 Å². The van der Waals surface area contributed by atoms with E-state index in [1.807, 2.05) is 29.6 Å². The van der Waals surface area contributed by atoms with Gasteiger partial charge in [-0.1, -0.05) is 12.1 Å². The highest BCUT2D eigenvalue weighted by atomic mass is 32.1. The lowest BCUT2D eigenvalue weighted by molar-refractivity contribution is 0.103. The first-order valence-electron chi connectivity index (χ1n) is 6.85. The van der Waals surface area contributed by atoms with Crippen molar-refractivity contribution in [3.8, 4) is 0 Å². The molecular formula is C16H14N4O2S. The van der Waals surface area contributed by atoms with Gasteiger partial charge in [0.1, 0.15) is 12.1 Å². The van der Waals surface area contributed by atoms with Gasteiger partial charge in [0.05, 0.1) is 0 Å². The van der Waals surface area contributed by atoms with Gasteiger partial charge in [-0.2, -0.15) is 5.10 Å². The number of hydrogen-bond acceptors (Lipinski definition) is 6. The van der Waals surface area contributed by atoms with E-state index in [-0.39, 0.29) is 11.6 Å². The maximum atomic E-state index is 11.9. The zero-order valence-electron chi connectivity index (χ0n) is 12.1. The van der Waals surface area contributed by atoms with E-state index in [9.17, 15) is 9.90 Å². The number of allylic oxidation sites excluding steroid dienone is 1. The third kappa shape index (κ3) is 3.46. The Bertz CT molecular complexity index is 835. The first-order chi connectivity index (χ1) is 11.1. The molecule has 0 saturated carbocycles. The number of carbonyl (C=O) groups excluding carboxylic acids is 1. The van der Waals surface area contributed by atoms with Gasteiger partial charge in [0.25, 0.3) is 0 Å². The molecule has 6 nitrogen and oxygen atoms in total. The fourth-order valence-corrected chi connectivity index (χ4v) is 3.04. The molecule has 0 spiro atoms. The van der Waals surface area contributed by atoms with Crippen molar-refractivity contribution in [3.05, 3.63) is 69.9 Å². The molecule has 116 valence electrons. The Morgan fingerprint density at radius 1 is 1.30 bits per heavy atom. The summed E-state index contributed by atoms with van der Waals surface area (Å²) < 4.78 is 0. The van der Waals surface area contributed by atoms with Crippen molar-refractivity contribution in [3.63, 3.8) is 0 Å². The number of aliphatic hydroxyl groups is 1. The monoisotopic (exact) mass is 326 g/mol. The number of aliphatic hydroxyl groups excluding tert-OH is 1. The van der Waals surface area contributed by atoms with Crippen LogP contribution in [0.25, 0.3) is 5.76 Å². The van der Waals surface area contributed by atoms with E-state index in [4.69, 9.17) is 5.73 Å². The van der Waals surface area contributed by atoms with Crippen molar-refractivity contribution in [1.82, 2.24) is 15.2 Å². The molecule has 3 aromatic rings. The van der Waals surface area contributed by atoms with E-state index >= 15 is 0 Å². The Morgan fingerprint density at radius 3 is 2.78 bits per heavy atom. The van der Waals surface area contributed by atoms with Crippen LogP contribution in [0.4, 0.5) is 5.69 Å². The molecule has 7 heteroatoms. The minimum Gasteiger partial charge on any atom is -0.507 e. The Hall–Kier alpha value is -2.93. The van der Waals surface area contributed by atoms with E-state index in [1.165, 1.54) is 17.7 Å². The predicted octanol–water partition coefficient (Wildman–Crippen LogP) is 2.82. The van der Waals surface area contributed by atoms with Crippen LogP contribution in [0, 0.1) is 0 Å². The maximum Gasteiger partial charge on any atom is 0.226 e. The van der Waals surface area contributed by atoms with Gasteiger partial charge in [-0.25, -0.2) is 4.98 Å². The summed E-state index contributed by atoms with van der Waals surface area (Å²) in [6, 6.07) is 9.35. The second kappa shape index (κ2) is 6.45. The molecule has 0 amide bonds. The number of H-pyrrole nitrogens is 1. The number of thiophene rings is 1. The molecule has 0 bridgehead atoms.